The van der Waals surface area contributed by atoms with E-state index < -0.39 is 27.4 Å². The van der Waals surface area contributed by atoms with Crippen molar-refractivity contribution >= 4 is 44.6 Å². The first-order valence-electron chi connectivity index (χ1n) is 7.78. The number of nitro benzene ring substituents is 1. The Balaban J connectivity index is 2.35. The molecule has 0 fully saturated rings. The summed E-state index contributed by atoms with van der Waals surface area (Å²) in [5, 5.41) is 14.3. The number of carbonyl (C=O) groups excluding carboxylic acids is 1. The van der Waals surface area contributed by atoms with Gasteiger partial charge in [0.15, 0.2) is 0 Å². The number of rotatable bonds is 6. The molecule has 0 bridgehead atoms. The van der Waals surface area contributed by atoms with Crippen LogP contribution in [0.15, 0.2) is 36.4 Å². The first-order valence-corrected chi connectivity index (χ1v) is 10.0. The monoisotopic (exact) mass is 411 g/mol. The van der Waals surface area contributed by atoms with Crippen molar-refractivity contribution in [1.29, 1.82) is 0 Å². The second kappa shape index (κ2) is 7.93. The van der Waals surface area contributed by atoms with Gasteiger partial charge in [-0.3, -0.25) is 19.2 Å². The van der Waals surface area contributed by atoms with E-state index in [1.54, 1.807) is 25.1 Å². The summed E-state index contributed by atoms with van der Waals surface area (Å²) in [5.74, 6) is -0.586. The number of nitrogens with zero attached hydrogens (tertiary/aromatic N) is 2. The van der Waals surface area contributed by atoms with Crippen molar-refractivity contribution in [3.63, 3.8) is 0 Å². The molecule has 0 aliphatic carbocycles. The summed E-state index contributed by atoms with van der Waals surface area (Å²) in [6.07, 6.45) is 0.937. The second-order valence-electron chi connectivity index (χ2n) is 5.96. The van der Waals surface area contributed by atoms with Crippen LogP contribution in [0.3, 0.4) is 0 Å². The molecule has 0 unspecified atom stereocenters. The topological polar surface area (TPSA) is 110 Å². The number of anilines is 2. The van der Waals surface area contributed by atoms with E-state index in [9.17, 15) is 23.3 Å². The fourth-order valence-corrected chi connectivity index (χ4v) is 3.68. The highest BCUT2D eigenvalue weighted by Crippen LogP contribution is 2.29. The van der Waals surface area contributed by atoms with Gasteiger partial charge in [0.1, 0.15) is 6.54 Å². The number of nitrogens with one attached hydrogen (secondary N) is 1. The number of hydrogen-bond acceptors (Lipinski definition) is 5. The van der Waals surface area contributed by atoms with Gasteiger partial charge in [-0.15, -0.1) is 0 Å². The first-order chi connectivity index (χ1) is 12.5. The van der Waals surface area contributed by atoms with Crippen LogP contribution < -0.4 is 9.62 Å². The summed E-state index contributed by atoms with van der Waals surface area (Å²) in [6, 6.07) is 8.94. The number of halogens is 1. The van der Waals surface area contributed by atoms with Crippen LogP contribution in [0.5, 0.6) is 0 Å². The highest BCUT2D eigenvalue weighted by Gasteiger charge is 2.25. The van der Waals surface area contributed by atoms with Gasteiger partial charge in [0.05, 0.1) is 22.4 Å². The predicted octanol–water partition coefficient (Wildman–Crippen LogP) is 3.27. The SMILES string of the molecule is Cc1cc(Cl)ccc1NC(=O)CN(c1cccc([N+](=O)[O-])c1C)S(C)(=O)=O. The molecule has 0 aromatic heterocycles. The van der Waals surface area contributed by atoms with Crippen molar-refractivity contribution < 1.29 is 18.1 Å². The maximum atomic E-state index is 12.4. The van der Waals surface area contributed by atoms with Gasteiger partial charge in [0, 0.05) is 16.8 Å². The zero-order chi connectivity index (χ0) is 20.4. The first kappa shape index (κ1) is 20.7. The lowest BCUT2D eigenvalue weighted by atomic mass is 10.1. The van der Waals surface area contributed by atoms with E-state index >= 15 is 0 Å². The molecular weight excluding hydrogens is 394 g/mol. The van der Waals surface area contributed by atoms with Gasteiger partial charge in [-0.25, -0.2) is 8.42 Å². The molecular formula is C17H18ClN3O5S. The Morgan fingerprint density at radius 1 is 1.26 bits per heavy atom. The third kappa shape index (κ3) is 4.95. The molecule has 0 saturated heterocycles. The van der Waals surface area contributed by atoms with Gasteiger partial charge in [0.25, 0.3) is 5.69 Å². The van der Waals surface area contributed by atoms with Gasteiger partial charge in [-0.2, -0.15) is 0 Å². The lowest BCUT2D eigenvalue weighted by Gasteiger charge is -2.23. The molecule has 0 heterocycles. The van der Waals surface area contributed by atoms with Crippen LogP contribution >= 0.6 is 11.6 Å². The van der Waals surface area contributed by atoms with E-state index in [1.807, 2.05) is 0 Å². The maximum Gasteiger partial charge on any atom is 0.274 e. The molecule has 2 rings (SSSR count). The Kier molecular flexibility index (Phi) is 6.07. The number of nitro groups is 1. The maximum absolute atomic E-state index is 12.4. The Bertz CT molecular complexity index is 1010. The molecule has 0 aliphatic rings. The van der Waals surface area contributed by atoms with E-state index in [2.05, 4.69) is 5.32 Å². The minimum Gasteiger partial charge on any atom is -0.324 e. The zero-order valence-corrected chi connectivity index (χ0v) is 16.5. The van der Waals surface area contributed by atoms with E-state index in [1.165, 1.54) is 25.1 Å². The second-order valence-corrected chi connectivity index (χ2v) is 8.30. The van der Waals surface area contributed by atoms with Gasteiger partial charge in [-0.1, -0.05) is 17.7 Å². The average molecular weight is 412 g/mol. The van der Waals surface area contributed by atoms with Crippen molar-refractivity contribution in [2.24, 2.45) is 0 Å². The number of carbonyl (C=O) groups is 1. The summed E-state index contributed by atoms with van der Waals surface area (Å²) in [4.78, 5) is 22.9. The zero-order valence-electron chi connectivity index (χ0n) is 14.9. The predicted molar refractivity (Wildman–Crippen MR) is 105 cm³/mol. The minimum atomic E-state index is -3.86. The molecule has 0 atom stereocenters. The fraction of sp³-hybridized carbons (Fsp3) is 0.235. The summed E-state index contributed by atoms with van der Waals surface area (Å²) < 4.78 is 25.3. The van der Waals surface area contributed by atoms with Crippen LogP contribution in [0.1, 0.15) is 11.1 Å². The van der Waals surface area contributed by atoms with Crippen molar-refractivity contribution in [2.75, 3.05) is 22.4 Å². The Morgan fingerprint density at radius 3 is 2.48 bits per heavy atom. The van der Waals surface area contributed by atoms with Crippen molar-refractivity contribution in [1.82, 2.24) is 0 Å². The minimum absolute atomic E-state index is 0.0784. The van der Waals surface area contributed by atoms with Gasteiger partial charge in [-0.05, 0) is 43.7 Å². The normalized spacial score (nSPS) is 11.1. The lowest BCUT2D eigenvalue weighted by molar-refractivity contribution is -0.385. The van der Waals surface area contributed by atoms with Gasteiger partial charge >= 0.3 is 0 Å². The smallest absolute Gasteiger partial charge is 0.274 e. The molecule has 27 heavy (non-hydrogen) atoms. The Morgan fingerprint density at radius 2 is 1.93 bits per heavy atom. The summed E-state index contributed by atoms with van der Waals surface area (Å²) >= 11 is 5.88. The summed E-state index contributed by atoms with van der Waals surface area (Å²) in [6.45, 7) is 2.66. The fourth-order valence-electron chi connectivity index (χ4n) is 2.55. The average Bonchev–Trinajstić information content (AvgIpc) is 2.54. The highest BCUT2D eigenvalue weighted by molar-refractivity contribution is 7.92. The van der Waals surface area contributed by atoms with E-state index in [4.69, 9.17) is 11.6 Å². The number of amides is 1. The molecule has 10 heteroatoms. The number of benzene rings is 2. The van der Waals surface area contributed by atoms with Crippen LogP contribution in [0, 0.1) is 24.0 Å². The molecule has 0 radical (unpaired) electrons. The van der Waals surface area contributed by atoms with Crippen LogP contribution in [0.4, 0.5) is 17.1 Å². The Hall–Kier alpha value is -2.65. The van der Waals surface area contributed by atoms with Crippen molar-refractivity contribution in [3.8, 4) is 0 Å². The molecule has 0 saturated carbocycles. The molecule has 2 aromatic carbocycles. The molecule has 1 amide bonds. The number of sulfonamides is 1. The molecule has 0 aliphatic heterocycles. The molecule has 0 spiro atoms. The largest absolute Gasteiger partial charge is 0.324 e. The van der Waals surface area contributed by atoms with Crippen LogP contribution in [0.2, 0.25) is 5.02 Å². The lowest BCUT2D eigenvalue weighted by Crippen LogP contribution is -2.38. The third-order valence-electron chi connectivity index (χ3n) is 3.89. The van der Waals surface area contributed by atoms with Gasteiger partial charge in [0.2, 0.25) is 15.9 Å². The van der Waals surface area contributed by atoms with Crippen molar-refractivity contribution in [3.05, 3.63) is 62.7 Å². The molecule has 2 aromatic rings. The van der Waals surface area contributed by atoms with Crippen molar-refractivity contribution in [2.45, 2.75) is 13.8 Å². The third-order valence-corrected chi connectivity index (χ3v) is 5.25. The molecule has 144 valence electrons. The standard InChI is InChI=1S/C17H18ClN3O5S/c1-11-9-13(18)7-8-14(11)19-17(22)10-20(27(3,25)26)15-5-4-6-16(12(15)2)21(23)24/h4-9H,10H2,1-3H3,(H,19,22). The summed E-state index contributed by atoms with van der Waals surface area (Å²) in [7, 11) is -3.86. The van der Waals surface area contributed by atoms with Crippen LogP contribution in [-0.2, 0) is 14.8 Å². The highest BCUT2D eigenvalue weighted by atomic mass is 35.5. The quantitative estimate of drug-likeness (QED) is 0.579. The van der Waals surface area contributed by atoms with E-state index in [0.29, 0.717) is 16.3 Å². The van der Waals surface area contributed by atoms with E-state index in [-0.39, 0.29) is 16.9 Å². The van der Waals surface area contributed by atoms with E-state index in [0.717, 1.165) is 10.6 Å². The number of hydrogen-bond donors (Lipinski definition) is 1. The summed E-state index contributed by atoms with van der Waals surface area (Å²) in [5.41, 5.74) is 1.22. The van der Waals surface area contributed by atoms with Crippen LogP contribution in [0.25, 0.3) is 0 Å². The number of aryl methyl sites for hydroxylation is 1. The Labute approximate surface area is 162 Å². The van der Waals surface area contributed by atoms with Gasteiger partial charge < -0.3 is 5.32 Å². The molecule has 8 nitrogen and oxygen atoms in total. The van der Waals surface area contributed by atoms with Crippen LogP contribution in [-0.4, -0.2) is 32.0 Å². The molecule has 1 N–H and O–H groups in total.